The summed E-state index contributed by atoms with van der Waals surface area (Å²) in [5.74, 6) is 0.0802. The monoisotopic (exact) mass is 512 g/mol. The van der Waals surface area contributed by atoms with Crippen LogP contribution in [-0.4, -0.2) is 18.9 Å². The molecule has 0 fully saturated rings. The van der Waals surface area contributed by atoms with Crippen LogP contribution in [0.15, 0.2) is 108 Å². The summed E-state index contributed by atoms with van der Waals surface area (Å²) in [6.45, 7) is 0. The van der Waals surface area contributed by atoms with E-state index in [-0.39, 0.29) is 5.78 Å². The number of carbonyl (C=O) groups excluding carboxylic acids is 2. The molecule has 0 atom stereocenters. The van der Waals surface area contributed by atoms with Gasteiger partial charge in [-0.2, -0.15) is 0 Å². The molecule has 0 aliphatic rings. The third-order valence-electron chi connectivity index (χ3n) is 5.19. The van der Waals surface area contributed by atoms with Crippen molar-refractivity contribution in [1.82, 2.24) is 0 Å². The molecule has 0 aliphatic heterocycles. The molecular formula is C29H21BrO4. The zero-order chi connectivity index (χ0) is 23.9. The lowest BCUT2D eigenvalue weighted by Gasteiger charge is -2.10. The molecule has 5 heteroatoms. The maximum Gasteiger partial charge on any atom is 0.344 e. The fourth-order valence-electron chi connectivity index (χ4n) is 3.38. The molecule has 0 aliphatic carbocycles. The summed E-state index contributed by atoms with van der Waals surface area (Å²) in [5.41, 5.74) is 3.91. The van der Waals surface area contributed by atoms with E-state index >= 15 is 0 Å². The maximum atomic E-state index is 12.6. The molecule has 0 heterocycles. The minimum atomic E-state index is -0.497. The van der Waals surface area contributed by atoms with Crippen LogP contribution in [0.3, 0.4) is 0 Å². The van der Waals surface area contributed by atoms with E-state index in [0.29, 0.717) is 27.1 Å². The Kier molecular flexibility index (Phi) is 7.35. The molecule has 0 saturated heterocycles. The first-order chi connectivity index (χ1) is 16.5. The average Bonchev–Trinajstić information content (AvgIpc) is 2.88. The van der Waals surface area contributed by atoms with Crippen LogP contribution in [0.4, 0.5) is 0 Å². The number of halogens is 1. The molecule has 4 aromatic rings. The lowest BCUT2D eigenvalue weighted by Crippen LogP contribution is -2.10. The molecule has 4 rings (SSSR count). The van der Waals surface area contributed by atoms with Crippen molar-refractivity contribution in [1.29, 1.82) is 0 Å². The maximum absolute atomic E-state index is 12.6. The fourth-order valence-corrected chi connectivity index (χ4v) is 3.83. The van der Waals surface area contributed by atoms with Crippen molar-refractivity contribution in [2.24, 2.45) is 0 Å². The number of rotatable bonds is 7. The van der Waals surface area contributed by atoms with Gasteiger partial charge in [0.05, 0.1) is 12.7 Å². The summed E-state index contributed by atoms with van der Waals surface area (Å²) < 4.78 is 11.6. The summed E-state index contributed by atoms with van der Waals surface area (Å²) in [4.78, 5) is 25.1. The molecule has 4 aromatic carbocycles. The predicted octanol–water partition coefficient (Wildman–Crippen LogP) is 7.24. The highest BCUT2D eigenvalue weighted by molar-refractivity contribution is 9.10. The predicted molar refractivity (Wildman–Crippen MR) is 137 cm³/mol. The molecule has 0 amide bonds. The minimum absolute atomic E-state index is 0.108. The van der Waals surface area contributed by atoms with Crippen molar-refractivity contribution in [2.45, 2.75) is 0 Å². The van der Waals surface area contributed by atoms with Gasteiger partial charge in [-0.25, -0.2) is 4.79 Å². The molecule has 4 nitrogen and oxygen atoms in total. The van der Waals surface area contributed by atoms with Crippen LogP contribution in [0.5, 0.6) is 11.5 Å². The molecule has 0 aromatic heterocycles. The van der Waals surface area contributed by atoms with E-state index in [1.54, 1.807) is 42.5 Å². The third kappa shape index (κ3) is 5.50. The van der Waals surface area contributed by atoms with Crippen LogP contribution in [0.1, 0.15) is 26.3 Å². The molecule has 0 saturated carbocycles. The Morgan fingerprint density at radius 1 is 0.765 bits per heavy atom. The summed E-state index contributed by atoms with van der Waals surface area (Å²) in [6.07, 6.45) is 3.22. The van der Waals surface area contributed by atoms with Crippen LogP contribution in [0.2, 0.25) is 0 Å². The Morgan fingerprint density at radius 2 is 1.44 bits per heavy atom. The van der Waals surface area contributed by atoms with Crippen molar-refractivity contribution < 1.29 is 19.1 Å². The number of ketones is 1. The van der Waals surface area contributed by atoms with Crippen molar-refractivity contribution >= 4 is 33.8 Å². The van der Waals surface area contributed by atoms with E-state index in [1.807, 2.05) is 60.7 Å². The van der Waals surface area contributed by atoms with Gasteiger partial charge in [0.1, 0.15) is 0 Å². The zero-order valence-electron chi connectivity index (χ0n) is 18.4. The van der Waals surface area contributed by atoms with Gasteiger partial charge >= 0.3 is 5.97 Å². The van der Waals surface area contributed by atoms with Crippen LogP contribution < -0.4 is 9.47 Å². The molecule has 0 N–H and O–H groups in total. The van der Waals surface area contributed by atoms with E-state index in [9.17, 15) is 9.59 Å². The summed E-state index contributed by atoms with van der Waals surface area (Å²) in [6, 6.07) is 29.7. The largest absolute Gasteiger partial charge is 0.493 e. The highest BCUT2D eigenvalue weighted by Crippen LogP contribution is 2.30. The van der Waals surface area contributed by atoms with Gasteiger partial charge in [0.25, 0.3) is 0 Å². The average molecular weight is 513 g/mol. The quantitative estimate of drug-likeness (QED) is 0.113. The smallest absolute Gasteiger partial charge is 0.344 e. The zero-order valence-corrected chi connectivity index (χ0v) is 20.0. The lowest BCUT2D eigenvalue weighted by atomic mass is 10.0. The number of ether oxygens (including phenoxy) is 2. The van der Waals surface area contributed by atoms with Crippen molar-refractivity contribution in [3.63, 3.8) is 0 Å². The topological polar surface area (TPSA) is 52.6 Å². The molecule has 0 bridgehead atoms. The lowest BCUT2D eigenvalue weighted by molar-refractivity contribution is 0.0728. The first-order valence-electron chi connectivity index (χ1n) is 10.6. The van der Waals surface area contributed by atoms with Gasteiger partial charge in [0, 0.05) is 10.0 Å². The van der Waals surface area contributed by atoms with Gasteiger partial charge in [-0.1, -0.05) is 78.9 Å². The van der Waals surface area contributed by atoms with Gasteiger partial charge in [-0.3, -0.25) is 4.79 Å². The van der Waals surface area contributed by atoms with Crippen LogP contribution in [0.25, 0.3) is 17.2 Å². The molecule has 0 spiro atoms. The minimum Gasteiger partial charge on any atom is -0.493 e. The number of carbonyl (C=O) groups is 2. The highest BCUT2D eigenvalue weighted by Gasteiger charge is 2.15. The number of esters is 1. The molecule has 168 valence electrons. The fraction of sp³-hybridized carbons (Fsp3) is 0.0345. The van der Waals surface area contributed by atoms with E-state index in [2.05, 4.69) is 15.9 Å². The van der Waals surface area contributed by atoms with Gasteiger partial charge in [-0.15, -0.1) is 0 Å². The number of methoxy groups -OCH3 is 1. The Bertz CT molecular complexity index is 1340. The van der Waals surface area contributed by atoms with E-state index in [1.165, 1.54) is 13.2 Å². The Balaban J connectivity index is 1.46. The van der Waals surface area contributed by atoms with Gasteiger partial charge in [-0.05, 0) is 63.0 Å². The molecular weight excluding hydrogens is 492 g/mol. The summed E-state index contributed by atoms with van der Waals surface area (Å²) >= 11 is 3.35. The molecule has 0 unspecified atom stereocenters. The van der Waals surface area contributed by atoms with E-state index in [4.69, 9.17) is 9.47 Å². The third-order valence-corrected chi connectivity index (χ3v) is 5.88. The van der Waals surface area contributed by atoms with Crippen molar-refractivity contribution in [2.75, 3.05) is 7.11 Å². The van der Waals surface area contributed by atoms with Gasteiger partial charge in [0.2, 0.25) is 0 Å². The van der Waals surface area contributed by atoms with Gasteiger partial charge in [0.15, 0.2) is 17.3 Å². The second-order valence-corrected chi connectivity index (χ2v) is 8.27. The SMILES string of the molecule is COc1cc(C=CC(=O)c2ccc(-c3ccccc3)cc2)ccc1OC(=O)c1ccccc1Br. The summed E-state index contributed by atoms with van der Waals surface area (Å²) in [7, 11) is 1.50. The summed E-state index contributed by atoms with van der Waals surface area (Å²) in [5, 5.41) is 0. The number of allylic oxidation sites excluding steroid dienone is 1. The van der Waals surface area contributed by atoms with Crippen molar-refractivity contribution in [3.05, 3.63) is 124 Å². The number of hydrogen-bond acceptors (Lipinski definition) is 4. The second-order valence-electron chi connectivity index (χ2n) is 7.42. The Morgan fingerprint density at radius 3 is 2.15 bits per heavy atom. The first-order valence-corrected chi connectivity index (χ1v) is 11.4. The first kappa shape index (κ1) is 23.2. The second kappa shape index (κ2) is 10.8. The van der Waals surface area contributed by atoms with Crippen LogP contribution >= 0.6 is 15.9 Å². The van der Waals surface area contributed by atoms with Gasteiger partial charge < -0.3 is 9.47 Å². The van der Waals surface area contributed by atoms with Crippen LogP contribution in [-0.2, 0) is 0 Å². The van der Waals surface area contributed by atoms with E-state index < -0.39 is 5.97 Å². The number of benzene rings is 4. The van der Waals surface area contributed by atoms with E-state index in [0.717, 1.165) is 16.7 Å². The molecule has 34 heavy (non-hydrogen) atoms. The Hall–Kier alpha value is -3.96. The van der Waals surface area contributed by atoms with Crippen LogP contribution in [0, 0.1) is 0 Å². The van der Waals surface area contributed by atoms with Crippen molar-refractivity contribution in [3.8, 4) is 22.6 Å². The number of hydrogen-bond donors (Lipinski definition) is 0. The standard InChI is InChI=1S/C29H21BrO4/c1-33-28-19-20(12-18-27(28)34-29(32)24-9-5-6-10-25(24)30)11-17-26(31)23-15-13-22(14-16-23)21-7-3-2-4-8-21/h2-19H,1H3. The highest BCUT2D eigenvalue weighted by atomic mass is 79.9. The normalized spacial score (nSPS) is 10.8. The Labute approximate surface area is 206 Å². The molecule has 0 radical (unpaired) electrons.